The molecule has 2 heterocycles. The standard InChI is InChI=1S/C21H18Cl3N3O/c1-21(2)14(10-15(23)24)17(21)20(28)26-19-18(12-6-4-3-5-7-12)25-16-9-8-13(22)11-27(16)19/h3-11,14,17H,1-2H3,(H,26,28)/t14-,17+/m0/s1. The lowest BCUT2D eigenvalue weighted by atomic mass is 10.1. The van der Waals surface area contributed by atoms with Gasteiger partial charge in [-0.05, 0) is 29.5 Å². The first-order valence-electron chi connectivity index (χ1n) is 8.86. The quantitative estimate of drug-likeness (QED) is 0.532. The predicted octanol–water partition coefficient (Wildman–Crippen LogP) is 6.18. The molecule has 2 aromatic heterocycles. The van der Waals surface area contributed by atoms with Crippen molar-refractivity contribution in [1.82, 2.24) is 9.38 Å². The number of hydrogen-bond acceptors (Lipinski definition) is 2. The number of nitrogens with one attached hydrogen (secondary N) is 1. The van der Waals surface area contributed by atoms with Crippen LogP contribution in [0.15, 0.2) is 59.2 Å². The molecule has 1 saturated carbocycles. The Kier molecular flexibility index (Phi) is 4.90. The van der Waals surface area contributed by atoms with Crippen LogP contribution in [0, 0.1) is 17.3 Å². The molecule has 28 heavy (non-hydrogen) atoms. The van der Waals surface area contributed by atoms with Crippen LogP contribution in [0.25, 0.3) is 16.9 Å². The molecule has 7 heteroatoms. The first-order chi connectivity index (χ1) is 13.3. The van der Waals surface area contributed by atoms with E-state index in [9.17, 15) is 4.79 Å². The summed E-state index contributed by atoms with van der Waals surface area (Å²) in [5.74, 6) is 0.254. The summed E-state index contributed by atoms with van der Waals surface area (Å²) in [7, 11) is 0. The van der Waals surface area contributed by atoms with Gasteiger partial charge in [-0.3, -0.25) is 9.20 Å². The van der Waals surface area contributed by atoms with Gasteiger partial charge >= 0.3 is 0 Å². The van der Waals surface area contributed by atoms with Crippen LogP contribution in [0.2, 0.25) is 5.02 Å². The maximum absolute atomic E-state index is 13.1. The van der Waals surface area contributed by atoms with E-state index in [0.717, 1.165) is 5.56 Å². The topological polar surface area (TPSA) is 46.4 Å². The maximum atomic E-state index is 13.1. The number of aromatic nitrogens is 2. The van der Waals surface area contributed by atoms with E-state index in [1.165, 1.54) is 0 Å². The zero-order chi connectivity index (χ0) is 20.1. The number of carbonyl (C=O) groups excluding carboxylic acids is 1. The van der Waals surface area contributed by atoms with Gasteiger partial charge < -0.3 is 5.32 Å². The molecule has 1 aliphatic rings. The Bertz CT molecular complexity index is 1080. The molecule has 144 valence electrons. The molecule has 1 aliphatic carbocycles. The fourth-order valence-electron chi connectivity index (χ4n) is 3.76. The molecule has 0 saturated heterocycles. The van der Waals surface area contributed by atoms with Crippen molar-refractivity contribution >= 4 is 52.2 Å². The SMILES string of the molecule is CC1(C)[C@@H](C=C(Cl)Cl)[C@@H]1C(=O)Nc1c(-c2ccccc2)nc2ccc(Cl)cn12. The van der Waals surface area contributed by atoms with Crippen molar-refractivity contribution in [3.8, 4) is 11.3 Å². The number of pyridine rings is 1. The second-order valence-electron chi connectivity index (χ2n) is 7.52. The fraction of sp³-hybridized carbons (Fsp3) is 0.238. The van der Waals surface area contributed by atoms with Crippen LogP contribution >= 0.6 is 34.8 Å². The number of imidazole rings is 1. The highest BCUT2D eigenvalue weighted by molar-refractivity contribution is 6.55. The minimum Gasteiger partial charge on any atom is -0.310 e. The lowest BCUT2D eigenvalue weighted by Gasteiger charge is -2.09. The number of anilines is 1. The fourth-order valence-corrected chi connectivity index (χ4v) is 4.19. The van der Waals surface area contributed by atoms with Crippen LogP contribution in [0.4, 0.5) is 5.82 Å². The molecule has 1 aromatic carbocycles. The van der Waals surface area contributed by atoms with Crippen molar-refractivity contribution in [2.24, 2.45) is 17.3 Å². The van der Waals surface area contributed by atoms with Crippen LogP contribution in [-0.2, 0) is 4.79 Å². The van der Waals surface area contributed by atoms with Crippen molar-refractivity contribution in [2.75, 3.05) is 5.32 Å². The zero-order valence-corrected chi connectivity index (χ0v) is 17.6. The molecule has 0 spiro atoms. The van der Waals surface area contributed by atoms with Gasteiger partial charge in [0.25, 0.3) is 0 Å². The number of carbonyl (C=O) groups is 1. The predicted molar refractivity (Wildman–Crippen MR) is 115 cm³/mol. The normalized spacial score (nSPS) is 20.0. The zero-order valence-electron chi connectivity index (χ0n) is 15.3. The summed E-state index contributed by atoms with van der Waals surface area (Å²) in [6.45, 7) is 4.05. The highest BCUT2D eigenvalue weighted by atomic mass is 35.5. The molecule has 0 bridgehead atoms. The summed E-state index contributed by atoms with van der Waals surface area (Å²) in [6.07, 6.45) is 3.48. The van der Waals surface area contributed by atoms with E-state index in [2.05, 4.69) is 5.32 Å². The molecule has 4 nitrogen and oxygen atoms in total. The van der Waals surface area contributed by atoms with E-state index in [4.69, 9.17) is 39.8 Å². The minimum absolute atomic E-state index is 0.0135. The lowest BCUT2D eigenvalue weighted by Crippen LogP contribution is -2.18. The summed E-state index contributed by atoms with van der Waals surface area (Å²) in [4.78, 5) is 17.8. The first kappa shape index (κ1) is 19.3. The number of rotatable bonds is 4. The van der Waals surface area contributed by atoms with Crippen LogP contribution in [0.1, 0.15) is 13.8 Å². The molecule has 1 N–H and O–H groups in total. The minimum atomic E-state index is -0.228. The van der Waals surface area contributed by atoms with Crippen molar-refractivity contribution in [3.63, 3.8) is 0 Å². The molecule has 3 aromatic rings. The second kappa shape index (κ2) is 7.11. The van der Waals surface area contributed by atoms with E-state index in [-0.39, 0.29) is 27.6 Å². The van der Waals surface area contributed by atoms with E-state index in [1.54, 1.807) is 22.7 Å². The Hall–Kier alpha value is -2.01. The van der Waals surface area contributed by atoms with E-state index < -0.39 is 0 Å². The number of allylic oxidation sites excluding steroid dienone is 1. The molecule has 0 radical (unpaired) electrons. The third-order valence-electron chi connectivity index (χ3n) is 5.37. The molecule has 1 fully saturated rings. The average molecular weight is 435 g/mol. The second-order valence-corrected chi connectivity index (χ2v) is 8.97. The highest BCUT2D eigenvalue weighted by Gasteiger charge is 2.60. The Morgan fingerprint density at radius 2 is 1.89 bits per heavy atom. The van der Waals surface area contributed by atoms with E-state index >= 15 is 0 Å². The van der Waals surface area contributed by atoms with E-state index in [1.807, 2.05) is 50.2 Å². The summed E-state index contributed by atoms with van der Waals surface area (Å²) >= 11 is 17.8. The number of fused-ring (bicyclic) bond motifs is 1. The molecular weight excluding hydrogens is 417 g/mol. The van der Waals surface area contributed by atoms with Crippen molar-refractivity contribution in [2.45, 2.75) is 13.8 Å². The van der Waals surface area contributed by atoms with Crippen LogP contribution in [0.5, 0.6) is 0 Å². The molecule has 1 amide bonds. The lowest BCUT2D eigenvalue weighted by molar-refractivity contribution is -0.118. The smallest absolute Gasteiger partial charge is 0.229 e. The van der Waals surface area contributed by atoms with Crippen LogP contribution in [0.3, 0.4) is 0 Å². The van der Waals surface area contributed by atoms with Crippen molar-refractivity contribution in [3.05, 3.63) is 64.3 Å². The van der Waals surface area contributed by atoms with Crippen LogP contribution < -0.4 is 5.32 Å². The highest BCUT2D eigenvalue weighted by Crippen LogP contribution is 2.60. The number of nitrogens with zero attached hydrogens (tertiary/aromatic N) is 2. The summed E-state index contributed by atoms with van der Waals surface area (Å²) < 4.78 is 1.98. The van der Waals surface area contributed by atoms with Gasteiger partial charge in [-0.1, -0.05) is 79.0 Å². The largest absolute Gasteiger partial charge is 0.310 e. The van der Waals surface area contributed by atoms with Gasteiger partial charge in [0.1, 0.15) is 21.7 Å². The summed E-state index contributed by atoms with van der Waals surface area (Å²) in [6, 6.07) is 13.3. The monoisotopic (exact) mass is 433 g/mol. The average Bonchev–Trinajstić information content (AvgIpc) is 3.01. The van der Waals surface area contributed by atoms with Gasteiger partial charge in [-0.2, -0.15) is 0 Å². The third kappa shape index (κ3) is 3.41. The van der Waals surface area contributed by atoms with E-state index in [0.29, 0.717) is 22.2 Å². The van der Waals surface area contributed by atoms with Gasteiger partial charge in [0.2, 0.25) is 5.91 Å². The molecule has 4 rings (SSSR count). The molecular formula is C21H18Cl3N3O. The van der Waals surface area contributed by atoms with Gasteiger partial charge in [0.05, 0.1) is 10.9 Å². The third-order valence-corrected chi connectivity index (χ3v) is 5.85. The van der Waals surface area contributed by atoms with Gasteiger partial charge in [0, 0.05) is 11.8 Å². The molecule has 2 atom stereocenters. The van der Waals surface area contributed by atoms with Crippen molar-refractivity contribution in [1.29, 1.82) is 0 Å². The number of hydrogen-bond donors (Lipinski definition) is 1. The van der Waals surface area contributed by atoms with Gasteiger partial charge in [-0.15, -0.1) is 0 Å². The Balaban J connectivity index is 1.75. The van der Waals surface area contributed by atoms with Gasteiger partial charge in [-0.25, -0.2) is 4.98 Å². The van der Waals surface area contributed by atoms with Crippen LogP contribution in [-0.4, -0.2) is 15.3 Å². The number of benzene rings is 1. The summed E-state index contributed by atoms with van der Waals surface area (Å²) in [5.41, 5.74) is 2.09. The Labute approximate surface area is 178 Å². The Morgan fingerprint density at radius 1 is 1.18 bits per heavy atom. The maximum Gasteiger partial charge on any atom is 0.229 e. The van der Waals surface area contributed by atoms with Crippen molar-refractivity contribution < 1.29 is 4.79 Å². The van der Waals surface area contributed by atoms with Gasteiger partial charge in [0.15, 0.2) is 0 Å². The summed E-state index contributed by atoms with van der Waals surface area (Å²) in [5, 5.41) is 3.62. The number of amides is 1. The molecule has 0 aliphatic heterocycles. The molecule has 0 unspecified atom stereocenters. The first-order valence-corrected chi connectivity index (χ1v) is 9.99. The Morgan fingerprint density at radius 3 is 2.57 bits per heavy atom. The number of halogens is 3.